The lowest BCUT2D eigenvalue weighted by Crippen LogP contribution is -2.16. The van der Waals surface area contributed by atoms with E-state index in [1.807, 2.05) is 6.92 Å². The number of halogens is 3. The predicted octanol–water partition coefficient (Wildman–Crippen LogP) is 6.10. The number of rotatable bonds is 10. The molecule has 0 saturated carbocycles. The third-order valence-electron chi connectivity index (χ3n) is 4.26. The van der Waals surface area contributed by atoms with E-state index < -0.39 is 0 Å². The van der Waals surface area contributed by atoms with Crippen molar-refractivity contribution in [3.05, 3.63) is 87.7 Å². The molecule has 0 spiro atoms. The molecule has 1 amide bonds. The molecule has 0 bridgehead atoms. The average Bonchev–Trinajstić information content (AvgIpc) is 2.79. The first-order valence-electron chi connectivity index (χ1n) is 9.99. The number of carbonyl (C=O) groups excluding carboxylic acids is 1. The Balaban J connectivity index is 1.60. The van der Waals surface area contributed by atoms with Crippen molar-refractivity contribution in [3.63, 3.8) is 0 Å². The van der Waals surface area contributed by atoms with Gasteiger partial charge in [0.25, 0.3) is 5.91 Å². The molecule has 0 heterocycles. The highest BCUT2D eigenvalue weighted by Crippen LogP contribution is 2.37. The minimum absolute atomic E-state index is 0.00819. The number of oxime groups is 1. The zero-order valence-electron chi connectivity index (χ0n) is 17.7. The normalized spacial score (nSPS) is 10.8. The quantitative estimate of drug-likeness (QED) is 0.275. The van der Waals surface area contributed by atoms with Crippen molar-refractivity contribution in [2.45, 2.75) is 13.5 Å². The Kier molecular flexibility index (Phi) is 8.92. The van der Waals surface area contributed by atoms with Crippen LogP contribution in [-0.2, 0) is 16.2 Å². The number of nitrogens with zero attached hydrogens (tertiary/aromatic N) is 1. The predicted molar refractivity (Wildman–Crippen MR) is 127 cm³/mol. The number of ether oxygens (including phenoxy) is 2. The van der Waals surface area contributed by atoms with E-state index >= 15 is 0 Å². The van der Waals surface area contributed by atoms with Crippen molar-refractivity contribution in [2.24, 2.45) is 5.16 Å². The van der Waals surface area contributed by atoms with Crippen molar-refractivity contribution in [1.29, 1.82) is 0 Å². The highest BCUT2D eigenvalue weighted by molar-refractivity contribution is 6.32. The maximum Gasteiger partial charge on any atom is 0.265 e. The summed E-state index contributed by atoms with van der Waals surface area (Å²) in [7, 11) is 0. The molecule has 3 rings (SSSR count). The maximum atomic E-state index is 13.9. The second-order valence-corrected chi connectivity index (χ2v) is 7.55. The molecular weight excluding hydrogens is 470 g/mol. The van der Waals surface area contributed by atoms with Crippen molar-refractivity contribution in [1.82, 2.24) is 0 Å². The van der Waals surface area contributed by atoms with E-state index in [0.717, 1.165) is 0 Å². The molecule has 172 valence electrons. The van der Waals surface area contributed by atoms with Crippen LogP contribution >= 0.6 is 23.2 Å². The largest absolute Gasteiger partial charge is 0.490 e. The van der Waals surface area contributed by atoms with Crippen molar-refractivity contribution in [3.8, 4) is 11.5 Å². The summed E-state index contributed by atoms with van der Waals surface area (Å²) in [6.07, 6.45) is 1.39. The summed E-state index contributed by atoms with van der Waals surface area (Å²) >= 11 is 12.2. The molecule has 0 atom stereocenters. The van der Waals surface area contributed by atoms with Gasteiger partial charge in [0.1, 0.15) is 12.4 Å². The first-order chi connectivity index (χ1) is 16.0. The van der Waals surface area contributed by atoms with Gasteiger partial charge >= 0.3 is 0 Å². The van der Waals surface area contributed by atoms with Gasteiger partial charge in [0.15, 0.2) is 18.1 Å². The molecule has 0 unspecified atom stereocenters. The van der Waals surface area contributed by atoms with Gasteiger partial charge < -0.3 is 19.6 Å². The summed E-state index contributed by atoms with van der Waals surface area (Å²) in [6.45, 7) is 1.90. The highest BCUT2D eigenvalue weighted by Gasteiger charge is 2.13. The lowest BCUT2D eigenvalue weighted by Gasteiger charge is -2.14. The molecule has 0 radical (unpaired) electrons. The van der Waals surface area contributed by atoms with E-state index in [9.17, 15) is 9.18 Å². The molecule has 0 fully saturated rings. The number of benzene rings is 3. The molecule has 0 aliphatic rings. The third-order valence-corrected chi connectivity index (χ3v) is 4.79. The number of carbonyl (C=O) groups is 1. The van der Waals surface area contributed by atoms with Gasteiger partial charge in [0, 0.05) is 21.8 Å². The van der Waals surface area contributed by atoms with Gasteiger partial charge in [-0.2, -0.15) is 0 Å². The second kappa shape index (κ2) is 12.1. The van der Waals surface area contributed by atoms with E-state index in [4.69, 9.17) is 37.5 Å². The maximum absolute atomic E-state index is 13.9. The van der Waals surface area contributed by atoms with Crippen molar-refractivity contribution >= 4 is 41.0 Å². The number of hydrogen-bond donors (Lipinski definition) is 1. The Morgan fingerprint density at radius 2 is 1.85 bits per heavy atom. The molecule has 6 nitrogen and oxygen atoms in total. The van der Waals surface area contributed by atoms with E-state index in [1.165, 1.54) is 12.3 Å². The fourth-order valence-electron chi connectivity index (χ4n) is 2.76. The topological polar surface area (TPSA) is 69.2 Å². The van der Waals surface area contributed by atoms with Crippen LogP contribution in [0.25, 0.3) is 0 Å². The zero-order chi connectivity index (χ0) is 23.6. The van der Waals surface area contributed by atoms with Crippen LogP contribution < -0.4 is 14.8 Å². The molecule has 0 aromatic heterocycles. The highest BCUT2D eigenvalue weighted by atomic mass is 35.5. The lowest BCUT2D eigenvalue weighted by molar-refractivity contribution is -0.120. The van der Waals surface area contributed by atoms with Gasteiger partial charge in [-0.3, -0.25) is 4.79 Å². The first-order valence-corrected chi connectivity index (χ1v) is 10.7. The summed E-state index contributed by atoms with van der Waals surface area (Å²) in [4.78, 5) is 17.0. The second-order valence-electron chi connectivity index (χ2n) is 6.71. The van der Waals surface area contributed by atoms with Gasteiger partial charge in [0.2, 0.25) is 0 Å². The van der Waals surface area contributed by atoms with Gasteiger partial charge in [0.05, 0.1) is 17.8 Å². The van der Waals surface area contributed by atoms with Crippen molar-refractivity contribution < 1.29 is 23.5 Å². The monoisotopic (exact) mass is 490 g/mol. The van der Waals surface area contributed by atoms with Crippen LogP contribution in [0.5, 0.6) is 11.5 Å². The van der Waals surface area contributed by atoms with Crippen LogP contribution in [0.3, 0.4) is 0 Å². The smallest absolute Gasteiger partial charge is 0.265 e. The third kappa shape index (κ3) is 7.37. The van der Waals surface area contributed by atoms with Crippen LogP contribution in [0.15, 0.2) is 65.8 Å². The van der Waals surface area contributed by atoms with Gasteiger partial charge in [-0.15, -0.1) is 0 Å². The summed E-state index contributed by atoms with van der Waals surface area (Å²) in [5.41, 5.74) is 1.56. The van der Waals surface area contributed by atoms with Crippen LogP contribution in [0.2, 0.25) is 10.0 Å². The molecule has 9 heteroatoms. The van der Waals surface area contributed by atoms with Crippen molar-refractivity contribution in [2.75, 3.05) is 18.5 Å². The number of hydrogen-bond acceptors (Lipinski definition) is 5. The molecule has 0 saturated heterocycles. The summed E-state index contributed by atoms with van der Waals surface area (Å²) in [5.74, 6) is -0.0718. The van der Waals surface area contributed by atoms with Crippen LogP contribution in [0.1, 0.15) is 18.1 Å². The molecule has 33 heavy (non-hydrogen) atoms. The lowest BCUT2D eigenvalue weighted by atomic mass is 10.2. The zero-order valence-corrected chi connectivity index (χ0v) is 19.2. The van der Waals surface area contributed by atoms with Gasteiger partial charge in [-0.1, -0.05) is 46.6 Å². The van der Waals surface area contributed by atoms with E-state index in [1.54, 1.807) is 54.6 Å². The first kappa shape index (κ1) is 24.4. The van der Waals surface area contributed by atoms with E-state index in [0.29, 0.717) is 39.9 Å². The molecule has 0 aliphatic heterocycles. The Labute approximate surface area is 200 Å². The van der Waals surface area contributed by atoms with Crippen LogP contribution in [-0.4, -0.2) is 25.3 Å². The van der Waals surface area contributed by atoms with E-state index in [-0.39, 0.29) is 30.0 Å². The minimum atomic E-state index is -0.376. The van der Waals surface area contributed by atoms with Crippen LogP contribution in [0, 0.1) is 5.82 Å². The Hall–Kier alpha value is -3.29. The number of amides is 1. The number of anilines is 1. The summed E-state index contributed by atoms with van der Waals surface area (Å²) in [5, 5.41) is 7.30. The Morgan fingerprint density at radius 1 is 1.09 bits per heavy atom. The van der Waals surface area contributed by atoms with E-state index in [2.05, 4.69) is 10.5 Å². The minimum Gasteiger partial charge on any atom is -0.490 e. The molecule has 3 aromatic carbocycles. The molecular formula is C24H21Cl2FN2O4. The number of nitrogens with one attached hydrogen (secondary N) is 1. The Bertz CT molecular complexity index is 1120. The summed E-state index contributed by atoms with van der Waals surface area (Å²) in [6, 6.07) is 16.3. The fourth-order valence-corrected chi connectivity index (χ4v) is 3.15. The van der Waals surface area contributed by atoms with Gasteiger partial charge in [-0.25, -0.2) is 4.39 Å². The summed E-state index contributed by atoms with van der Waals surface area (Å²) < 4.78 is 25.2. The van der Waals surface area contributed by atoms with Gasteiger partial charge in [-0.05, 0) is 49.4 Å². The Morgan fingerprint density at radius 3 is 2.58 bits per heavy atom. The molecule has 0 aliphatic carbocycles. The average molecular weight is 491 g/mol. The van der Waals surface area contributed by atoms with Crippen LogP contribution in [0.4, 0.5) is 10.1 Å². The SMILES string of the molecule is CCOc1cc(/C=N/OCC(=O)Nc2ccc(Cl)cc2)cc(Cl)c1OCc1ccccc1F. The molecule has 1 N–H and O–H groups in total. The standard InChI is InChI=1S/C24H21Cl2FN2O4/c1-2-31-22-12-16(11-20(26)24(22)32-14-17-5-3-4-6-21(17)27)13-28-33-15-23(30)29-19-9-7-18(25)8-10-19/h3-13H,2,14-15H2,1H3,(H,29,30)/b28-13+. The fraction of sp³-hybridized carbons (Fsp3) is 0.167. The molecule has 3 aromatic rings.